The zero-order valence-electron chi connectivity index (χ0n) is 13.5. The lowest BCUT2D eigenvalue weighted by Crippen LogP contribution is -2.21. The van der Waals surface area contributed by atoms with E-state index in [9.17, 15) is 4.79 Å². The summed E-state index contributed by atoms with van der Waals surface area (Å²) in [6, 6.07) is 3.70. The Labute approximate surface area is 136 Å². The summed E-state index contributed by atoms with van der Waals surface area (Å²) >= 11 is 0. The van der Waals surface area contributed by atoms with E-state index in [1.807, 2.05) is 12.1 Å². The molecule has 3 rings (SSSR count). The van der Waals surface area contributed by atoms with Crippen LogP contribution >= 0.6 is 0 Å². The van der Waals surface area contributed by atoms with E-state index in [-0.39, 0.29) is 5.97 Å². The van der Waals surface area contributed by atoms with Gasteiger partial charge in [0, 0.05) is 18.8 Å². The van der Waals surface area contributed by atoms with Gasteiger partial charge < -0.3 is 14.4 Å². The number of ether oxygens (including phenoxy) is 2. The number of aromatic nitrogens is 2. The van der Waals surface area contributed by atoms with Gasteiger partial charge in [-0.3, -0.25) is 4.40 Å². The number of esters is 1. The van der Waals surface area contributed by atoms with Gasteiger partial charge in [0.2, 0.25) is 0 Å². The molecular formula is C17H23N3O3. The summed E-state index contributed by atoms with van der Waals surface area (Å²) in [5, 5.41) is 0. The summed E-state index contributed by atoms with van der Waals surface area (Å²) in [4.78, 5) is 18.5. The van der Waals surface area contributed by atoms with Crippen LogP contribution in [0, 0.1) is 0 Å². The highest BCUT2D eigenvalue weighted by Gasteiger charge is 2.13. The Kier molecular flexibility index (Phi) is 5.12. The molecule has 1 aliphatic rings. The molecule has 2 aromatic heterocycles. The quantitative estimate of drug-likeness (QED) is 0.580. The van der Waals surface area contributed by atoms with Crippen LogP contribution in [0.25, 0.3) is 5.65 Å². The largest absolute Gasteiger partial charge is 0.493 e. The monoisotopic (exact) mass is 317 g/mol. The summed E-state index contributed by atoms with van der Waals surface area (Å²) in [5.74, 6) is 0.416. The number of fused-ring (bicyclic) bond motifs is 1. The van der Waals surface area contributed by atoms with Crippen molar-refractivity contribution < 1.29 is 14.3 Å². The van der Waals surface area contributed by atoms with Crippen molar-refractivity contribution in [1.82, 2.24) is 14.3 Å². The van der Waals surface area contributed by atoms with Gasteiger partial charge in [0.05, 0.1) is 19.4 Å². The minimum atomic E-state index is -0.362. The van der Waals surface area contributed by atoms with Gasteiger partial charge in [-0.2, -0.15) is 0 Å². The summed E-state index contributed by atoms with van der Waals surface area (Å²) in [5.41, 5.74) is 1.12. The normalized spacial score (nSPS) is 15.2. The fourth-order valence-electron chi connectivity index (χ4n) is 2.89. The second kappa shape index (κ2) is 7.46. The molecular weight excluding hydrogens is 294 g/mol. The van der Waals surface area contributed by atoms with E-state index in [0.29, 0.717) is 24.6 Å². The Balaban J connectivity index is 1.56. The van der Waals surface area contributed by atoms with Crippen molar-refractivity contribution in [2.24, 2.45) is 0 Å². The third-order valence-corrected chi connectivity index (χ3v) is 4.06. The molecule has 1 saturated heterocycles. The second-order valence-electron chi connectivity index (χ2n) is 5.71. The summed E-state index contributed by atoms with van der Waals surface area (Å²) in [7, 11) is 0. The third-order valence-electron chi connectivity index (χ3n) is 4.06. The number of carbonyl (C=O) groups is 1. The zero-order chi connectivity index (χ0) is 16.1. The molecule has 0 N–H and O–H groups in total. The first kappa shape index (κ1) is 15.8. The average Bonchev–Trinajstić information content (AvgIpc) is 3.21. The molecule has 0 bridgehead atoms. The Morgan fingerprint density at radius 1 is 1.35 bits per heavy atom. The number of likely N-dealkylation sites (tertiary alicyclic amines) is 1. The van der Waals surface area contributed by atoms with Gasteiger partial charge in [0.15, 0.2) is 5.69 Å². The maximum Gasteiger partial charge on any atom is 0.356 e. The molecule has 124 valence electrons. The summed E-state index contributed by atoms with van der Waals surface area (Å²) < 4.78 is 12.5. The van der Waals surface area contributed by atoms with E-state index < -0.39 is 0 Å². The van der Waals surface area contributed by atoms with Gasteiger partial charge in [0.1, 0.15) is 11.4 Å². The topological polar surface area (TPSA) is 56.1 Å². The lowest BCUT2D eigenvalue weighted by molar-refractivity contribution is 0.0518. The third kappa shape index (κ3) is 3.82. The van der Waals surface area contributed by atoms with Crippen LogP contribution in [-0.2, 0) is 4.74 Å². The predicted molar refractivity (Wildman–Crippen MR) is 86.9 cm³/mol. The van der Waals surface area contributed by atoms with E-state index in [1.165, 1.54) is 32.1 Å². The molecule has 0 aromatic carbocycles. The molecule has 1 aliphatic heterocycles. The van der Waals surface area contributed by atoms with Crippen molar-refractivity contribution in [2.45, 2.75) is 26.2 Å². The zero-order valence-corrected chi connectivity index (χ0v) is 13.5. The van der Waals surface area contributed by atoms with E-state index in [4.69, 9.17) is 9.47 Å². The van der Waals surface area contributed by atoms with Crippen molar-refractivity contribution in [1.29, 1.82) is 0 Å². The molecule has 0 unspecified atom stereocenters. The van der Waals surface area contributed by atoms with Crippen molar-refractivity contribution in [3.63, 3.8) is 0 Å². The lowest BCUT2D eigenvalue weighted by atomic mass is 10.4. The fraction of sp³-hybridized carbons (Fsp3) is 0.529. The molecule has 6 heteroatoms. The van der Waals surface area contributed by atoms with E-state index in [0.717, 1.165) is 18.7 Å². The van der Waals surface area contributed by atoms with Crippen molar-refractivity contribution in [2.75, 3.05) is 32.8 Å². The molecule has 2 aromatic rings. The molecule has 0 saturated carbocycles. The molecule has 23 heavy (non-hydrogen) atoms. The van der Waals surface area contributed by atoms with Gasteiger partial charge >= 0.3 is 5.97 Å². The number of hydrogen-bond acceptors (Lipinski definition) is 5. The predicted octanol–water partition coefficient (Wildman–Crippen LogP) is 2.38. The van der Waals surface area contributed by atoms with Crippen LogP contribution in [0.4, 0.5) is 0 Å². The molecule has 0 amide bonds. The van der Waals surface area contributed by atoms with Crippen LogP contribution in [0.1, 0.15) is 36.7 Å². The van der Waals surface area contributed by atoms with Gasteiger partial charge in [-0.1, -0.05) is 0 Å². The number of pyridine rings is 1. The van der Waals surface area contributed by atoms with Gasteiger partial charge in [-0.25, -0.2) is 9.78 Å². The van der Waals surface area contributed by atoms with Crippen LogP contribution in [0.5, 0.6) is 5.75 Å². The van der Waals surface area contributed by atoms with Gasteiger partial charge in [-0.05, 0) is 45.3 Å². The first-order chi connectivity index (χ1) is 11.3. The Morgan fingerprint density at radius 3 is 2.96 bits per heavy atom. The molecule has 3 heterocycles. The van der Waals surface area contributed by atoms with Crippen LogP contribution in [0.3, 0.4) is 0 Å². The minimum Gasteiger partial charge on any atom is -0.493 e. The standard InChI is InChI=1S/C17H23N3O3/c1-2-22-17(21)15-13-18-16-12-14(6-10-20(15)16)23-11-5-9-19-7-3-4-8-19/h6,10,12-13H,2-5,7-9,11H2,1H3. The first-order valence-corrected chi connectivity index (χ1v) is 8.27. The van der Waals surface area contributed by atoms with E-state index in [2.05, 4.69) is 9.88 Å². The van der Waals surface area contributed by atoms with Crippen molar-refractivity contribution >= 4 is 11.6 Å². The fourth-order valence-corrected chi connectivity index (χ4v) is 2.89. The van der Waals surface area contributed by atoms with Crippen molar-refractivity contribution in [3.8, 4) is 5.75 Å². The smallest absolute Gasteiger partial charge is 0.356 e. The van der Waals surface area contributed by atoms with Gasteiger partial charge in [-0.15, -0.1) is 0 Å². The average molecular weight is 317 g/mol. The summed E-state index contributed by atoms with van der Waals surface area (Å²) in [6.45, 7) is 6.36. The molecule has 0 aliphatic carbocycles. The minimum absolute atomic E-state index is 0.351. The number of hydrogen-bond donors (Lipinski definition) is 0. The summed E-state index contributed by atoms with van der Waals surface area (Å²) in [6.07, 6.45) is 6.99. The number of carbonyl (C=O) groups excluding carboxylic acids is 1. The molecule has 0 atom stereocenters. The highest BCUT2D eigenvalue weighted by atomic mass is 16.5. The van der Waals surface area contributed by atoms with Gasteiger partial charge in [0.25, 0.3) is 0 Å². The highest BCUT2D eigenvalue weighted by Crippen LogP contribution is 2.16. The molecule has 1 fully saturated rings. The van der Waals surface area contributed by atoms with Crippen LogP contribution in [-0.4, -0.2) is 53.1 Å². The Morgan fingerprint density at radius 2 is 2.17 bits per heavy atom. The second-order valence-corrected chi connectivity index (χ2v) is 5.71. The molecule has 0 radical (unpaired) electrons. The maximum absolute atomic E-state index is 11.8. The first-order valence-electron chi connectivity index (χ1n) is 8.27. The number of rotatable bonds is 7. The Bertz CT molecular complexity index is 662. The number of imidazole rings is 1. The number of nitrogens with zero attached hydrogens (tertiary/aromatic N) is 3. The highest BCUT2D eigenvalue weighted by molar-refractivity contribution is 5.88. The van der Waals surface area contributed by atoms with E-state index in [1.54, 1.807) is 17.5 Å². The van der Waals surface area contributed by atoms with Crippen molar-refractivity contribution in [3.05, 3.63) is 30.2 Å². The molecule has 6 nitrogen and oxygen atoms in total. The molecule has 0 spiro atoms. The van der Waals surface area contributed by atoms with Crippen LogP contribution in [0.15, 0.2) is 24.5 Å². The van der Waals surface area contributed by atoms with Crippen LogP contribution < -0.4 is 4.74 Å². The van der Waals surface area contributed by atoms with E-state index >= 15 is 0 Å². The Hall–Kier alpha value is -2.08. The van der Waals surface area contributed by atoms with Crippen LogP contribution in [0.2, 0.25) is 0 Å². The lowest BCUT2D eigenvalue weighted by Gasteiger charge is -2.14. The maximum atomic E-state index is 11.8. The SMILES string of the molecule is CCOC(=O)c1cnc2cc(OCCCN3CCCC3)ccn12.